The fourth-order valence-electron chi connectivity index (χ4n) is 1.88. The van der Waals surface area contributed by atoms with Crippen molar-refractivity contribution >= 4 is 11.8 Å². The Balaban J connectivity index is 3.09. The summed E-state index contributed by atoms with van der Waals surface area (Å²) in [5, 5.41) is 11.4. The molecule has 1 aromatic carbocycles. The second kappa shape index (κ2) is 7.46. The second-order valence-electron chi connectivity index (χ2n) is 5.11. The number of aliphatic hydroxyl groups is 1. The van der Waals surface area contributed by atoms with Gasteiger partial charge in [-0.15, -0.1) is 0 Å². The fourth-order valence-corrected chi connectivity index (χ4v) is 1.88. The molecule has 5 nitrogen and oxygen atoms in total. The third-order valence-corrected chi connectivity index (χ3v) is 2.98. The molecule has 0 aliphatic rings. The molecule has 0 fully saturated rings. The lowest BCUT2D eigenvalue weighted by Crippen LogP contribution is -2.47. The first-order valence-electron chi connectivity index (χ1n) is 6.67. The summed E-state index contributed by atoms with van der Waals surface area (Å²) in [6.07, 6.45) is 0. The largest absolute Gasteiger partial charge is 0.384 e. The lowest BCUT2D eigenvalue weighted by atomic mass is 10.0. The van der Waals surface area contributed by atoms with E-state index in [2.05, 4.69) is 17.2 Å². The number of aliphatic hydroxyl groups excluding tert-OH is 1. The second-order valence-corrected chi connectivity index (χ2v) is 5.11. The van der Waals surface area contributed by atoms with E-state index in [9.17, 15) is 9.59 Å². The normalized spacial score (nSPS) is 11.5. The fraction of sp³-hybridized carbons (Fsp3) is 0.375. The lowest BCUT2D eigenvalue weighted by molar-refractivity contribution is -0.120. The number of rotatable bonds is 4. The van der Waals surface area contributed by atoms with Crippen molar-refractivity contribution in [2.24, 2.45) is 11.7 Å². The average Bonchev–Trinajstić information content (AvgIpc) is 2.41. The zero-order valence-electron chi connectivity index (χ0n) is 12.4. The quantitative estimate of drug-likeness (QED) is 0.708. The van der Waals surface area contributed by atoms with Crippen LogP contribution in [0.3, 0.4) is 0 Å². The smallest absolute Gasteiger partial charge is 0.253 e. The number of hydrogen-bond donors (Lipinski definition) is 3. The third-order valence-electron chi connectivity index (χ3n) is 2.98. The molecule has 4 N–H and O–H groups in total. The Morgan fingerprint density at radius 1 is 1.38 bits per heavy atom. The molecule has 1 rings (SSSR count). The molecule has 0 radical (unpaired) electrons. The van der Waals surface area contributed by atoms with Gasteiger partial charge in [-0.05, 0) is 30.5 Å². The van der Waals surface area contributed by atoms with Gasteiger partial charge in [-0.1, -0.05) is 31.8 Å². The molecule has 5 heteroatoms. The number of nitrogens with one attached hydrogen (secondary N) is 1. The standard InChI is InChI=1S/C16H20N2O3/c1-10(2)14(15(17)20)18-16(21)13-7-6-11(3)9-12(13)5-4-8-19/h6-7,9-10,14,19H,8H2,1-3H3,(H2,17,20)(H,18,21). The molecule has 21 heavy (non-hydrogen) atoms. The maximum absolute atomic E-state index is 12.3. The van der Waals surface area contributed by atoms with E-state index < -0.39 is 17.9 Å². The van der Waals surface area contributed by atoms with Gasteiger partial charge in [-0.3, -0.25) is 9.59 Å². The van der Waals surface area contributed by atoms with Crippen LogP contribution in [-0.2, 0) is 4.79 Å². The molecule has 0 heterocycles. The van der Waals surface area contributed by atoms with Crippen LogP contribution in [0.4, 0.5) is 0 Å². The summed E-state index contributed by atoms with van der Waals surface area (Å²) in [6, 6.07) is 4.45. The van der Waals surface area contributed by atoms with E-state index >= 15 is 0 Å². The summed E-state index contributed by atoms with van der Waals surface area (Å²) < 4.78 is 0. The highest BCUT2D eigenvalue weighted by atomic mass is 16.2. The SMILES string of the molecule is Cc1ccc(C(=O)NC(C(N)=O)C(C)C)c(C#CCO)c1. The van der Waals surface area contributed by atoms with Crippen molar-refractivity contribution in [1.29, 1.82) is 0 Å². The minimum atomic E-state index is -0.738. The van der Waals surface area contributed by atoms with E-state index in [0.717, 1.165) is 5.56 Å². The molecule has 2 amide bonds. The van der Waals surface area contributed by atoms with Gasteiger partial charge >= 0.3 is 0 Å². The molecular formula is C16H20N2O3. The van der Waals surface area contributed by atoms with Crippen molar-refractivity contribution in [2.75, 3.05) is 6.61 Å². The van der Waals surface area contributed by atoms with Crippen molar-refractivity contribution in [1.82, 2.24) is 5.32 Å². The summed E-state index contributed by atoms with van der Waals surface area (Å²) >= 11 is 0. The van der Waals surface area contributed by atoms with Gasteiger partial charge in [0.05, 0.1) is 5.56 Å². The van der Waals surface area contributed by atoms with Gasteiger partial charge in [0.2, 0.25) is 5.91 Å². The number of aryl methyl sites for hydroxylation is 1. The van der Waals surface area contributed by atoms with Gasteiger partial charge in [0.25, 0.3) is 5.91 Å². The highest BCUT2D eigenvalue weighted by Gasteiger charge is 2.23. The van der Waals surface area contributed by atoms with Crippen LogP contribution in [0.2, 0.25) is 0 Å². The molecule has 0 aromatic heterocycles. The van der Waals surface area contributed by atoms with Crippen molar-refractivity contribution in [2.45, 2.75) is 26.8 Å². The van der Waals surface area contributed by atoms with E-state index in [-0.39, 0.29) is 12.5 Å². The average molecular weight is 288 g/mol. The number of benzene rings is 1. The Bertz CT molecular complexity index is 597. The van der Waals surface area contributed by atoms with Crippen molar-refractivity contribution in [3.63, 3.8) is 0 Å². The van der Waals surface area contributed by atoms with Crippen LogP contribution in [0.25, 0.3) is 0 Å². The predicted molar refractivity (Wildman–Crippen MR) is 80.4 cm³/mol. The van der Waals surface area contributed by atoms with Gasteiger partial charge in [-0.2, -0.15) is 0 Å². The molecule has 1 aromatic rings. The van der Waals surface area contributed by atoms with Crippen LogP contribution in [-0.4, -0.2) is 29.6 Å². The zero-order chi connectivity index (χ0) is 16.0. The molecule has 0 saturated carbocycles. The number of carbonyl (C=O) groups excluding carboxylic acids is 2. The van der Waals surface area contributed by atoms with Crippen LogP contribution in [0, 0.1) is 24.7 Å². The van der Waals surface area contributed by atoms with Crippen molar-refractivity contribution in [3.8, 4) is 11.8 Å². The summed E-state index contributed by atoms with van der Waals surface area (Å²) in [7, 11) is 0. The maximum Gasteiger partial charge on any atom is 0.253 e. The molecule has 1 atom stereocenters. The topological polar surface area (TPSA) is 92.4 Å². The lowest BCUT2D eigenvalue weighted by Gasteiger charge is -2.19. The van der Waals surface area contributed by atoms with E-state index in [0.29, 0.717) is 11.1 Å². The summed E-state index contributed by atoms with van der Waals surface area (Å²) in [5.74, 6) is 4.17. The van der Waals surface area contributed by atoms with Gasteiger partial charge < -0.3 is 16.2 Å². The first kappa shape index (κ1) is 16.7. The highest BCUT2D eigenvalue weighted by molar-refractivity contribution is 5.99. The Labute approximate surface area is 124 Å². The molecule has 112 valence electrons. The molecule has 0 aliphatic heterocycles. The molecule has 0 saturated heterocycles. The first-order chi connectivity index (χ1) is 9.86. The van der Waals surface area contributed by atoms with Crippen LogP contribution in [0.5, 0.6) is 0 Å². The number of hydrogen-bond acceptors (Lipinski definition) is 3. The molecule has 0 aliphatic carbocycles. The molecule has 0 bridgehead atoms. The number of amides is 2. The van der Waals surface area contributed by atoms with Gasteiger partial charge in [0.15, 0.2) is 0 Å². The van der Waals surface area contributed by atoms with Gasteiger partial charge in [0.1, 0.15) is 12.6 Å². The van der Waals surface area contributed by atoms with E-state index in [1.165, 1.54) is 0 Å². The molecular weight excluding hydrogens is 268 g/mol. The first-order valence-corrected chi connectivity index (χ1v) is 6.67. The highest BCUT2D eigenvalue weighted by Crippen LogP contribution is 2.12. The van der Waals surface area contributed by atoms with E-state index in [1.54, 1.807) is 32.0 Å². The molecule has 1 unspecified atom stereocenters. The maximum atomic E-state index is 12.3. The minimum Gasteiger partial charge on any atom is -0.384 e. The predicted octanol–water partition coefficient (Wildman–Crippen LogP) is 0.579. The van der Waals surface area contributed by atoms with Gasteiger partial charge in [-0.25, -0.2) is 0 Å². The summed E-state index contributed by atoms with van der Waals surface area (Å²) in [6.45, 7) is 5.20. The third kappa shape index (κ3) is 4.62. The van der Waals surface area contributed by atoms with E-state index in [1.807, 2.05) is 6.92 Å². The Hall–Kier alpha value is -2.32. The summed E-state index contributed by atoms with van der Waals surface area (Å²) in [5.41, 5.74) is 7.10. The monoisotopic (exact) mass is 288 g/mol. The molecule has 0 spiro atoms. The zero-order valence-corrected chi connectivity index (χ0v) is 12.4. The Morgan fingerprint density at radius 3 is 2.57 bits per heavy atom. The number of nitrogens with two attached hydrogens (primary N) is 1. The van der Waals surface area contributed by atoms with Crippen molar-refractivity contribution in [3.05, 3.63) is 34.9 Å². The summed E-state index contributed by atoms with van der Waals surface area (Å²) in [4.78, 5) is 23.7. The van der Waals surface area contributed by atoms with Crippen LogP contribution < -0.4 is 11.1 Å². The number of primary amides is 1. The minimum absolute atomic E-state index is 0.108. The Kier molecular flexibility index (Phi) is 5.94. The van der Waals surface area contributed by atoms with E-state index in [4.69, 9.17) is 10.8 Å². The Morgan fingerprint density at radius 2 is 2.05 bits per heavy atom. The van der Waals surface area contributed by atoms with Crippen molar-refractivity contribution < 1.29 is 14.7 Å². The number of carbonyl (C=O) groups is 2. The van der Waals surface area contributed by atoms with Crippen LogP contribution in [0.1, 0.15) is 35.3 Å². The van der Waals surface area contributed by atoms with Crippen LogP contribution >= 0.6 is 0 Å². The van der Waals surface area contributed by atoms with Crippen LogP contribution in [0.15, 0.2) is 18.2 Å². The van der Waals surface area contributed by atoms with Gasteiger partial charge in [0, 0.05) is 5.56 Å².